The molecular formula is C22H17BrF3N3O2. The molecule has 1 N–H and O–H groups in total. The Hall–Kier alpha value is -2.94. The number of halogens is 4. The van der Waals surface area contributed by atoms with Crippen LogP contribution >= 0.6 is 15.9 Å². The molecule has 0 saturated heterocycles. The van der Waals surface area contributed by atoms with Crippen molar-refractivity contribution in [2.75, 3.05) is 6.54 Å². The molecule has 0 fully saturated rings. The molecule has 1 aromatic heterocycles. The van der Waals surface area contributed by atoms with Gasteiger partial charge in [0.1, 0.15) is 5.82 Å². The average Bonchev–Trinajstić information content (AvgIpc) is 2.73. The van der Waals surface area contributed by atoms with Gasteiger partial charge >= 0.3 is 6.18 Å². The second kappa shape index (κ2) is 8.30. The molecule has 1 amide bonds. The zero-order chi connectivity index (χ0) is 22.2. The van der Waals surface area contributed by atoms with Gasteiger partial charge in [0, 0.05) is 23.9 Å². The molecule has 2 heterocycles. The second-order valence-corrected chi connectivity index (χ2v) is 8.12. The number of hydrogen-bond acceptors (Lipinski definition) is 3. The largest absolute Gasteiger partial charge is 0.416 e. The Bertz CT molecular complexity index is 1210. The molecule has 0 saturated carbocycles. The minimum absolute atomic E-state index is 0.0754. The predicted molar refractivity (Wildman–Crippen MR) is 112 cm³/mol. The van der Waals surface area contributed by atoms with Crippen molar-refractivity contribution in [1.29, 1.82) is 0 Å². The highest BCUT2D eigenvalue weighted by atomic mass is 79.9. The maximum absolute atomic E-state index is 12.9. The number of alkyl halides is 3. The lowest BCUT2D eigenvalue weighted by Gasteiger charge is -2.28. The van der Waals surface area contributed by atoms with Gasteiger partial charge in [0.2, 0.25) is 0 Å². The fourth-order valence-corrected chi connectivity index (χ4v) is 4.04. The first-order valence-corrected chi connectivity index (χ1v) is 10.3. The Morgan fingerprint density at radius 1 is 1.16 bits per heavy atom. The molecule has 3 aromatic rings. The highest BCUT2D eigenvalue weighted by Crippen LogP contribution is 2.30. The zero-order valence-corrected chi connectivity index (χ0v) is 17.8. The van der Waals surface area contributed by atoms with Crippen LogP contribution in [0, 0.1) is 0 Å². The van der Waals surface area contributed by atoms with Crippen molar-refractivity contribution in [3.8, 4) is 0 Å². The SMILES string of the molecule is O=C(c1ccccc1Br)N1CCc2nc(Cc3cccc(C(F)(F)F)c3)[nH]c(=O)c2C1. The molecule has 4 rings (SSSR count). The maximum atomic E-state index is 12.9. The van der Waals surface area contributed by atoms with Gasteiger partial charge in [-0.05, 0) is 39.7 Å². The van der Waals surface area contributed by atoms with E-state index < -0.39 is 11.7 Å². The first kappa shape index (κ1) is 21.3. The summed E-state index contributed by atoms with van der Waals surface area (Å²) in [5.41, 5.74) is 0.764. The number of fused-ring (bicyclic) bond motifs is 1. The third-order valence-corrected chi connectivity index (χ3v) is 5.83. The molecule has 5 nitrogen and oxygen atoms in total. The topological polar surface area (TPSA) is 66.1 Å². The van der Waals surface area contributed by atoms with Crippen LogP contribution in [-0.2, 0) is 25.6 Å². The molecular weight excluding hydrogens is 475 g/mol. The first-order valence-electron chi connectivity index (χ1n) is 9.53. The van der Waals surface area contributed by atoms with Crippen molar-refractivity contribution in [3.05, 3.63) is 97.1 Å². The van der Waals surface area contributed by atoms with Crippen LogP contribution in [-0.4, -0.2) is 27.3 Å². The summed E-state index contributed by atoms with van der Waals surface area (Å²) in [7, 11) is 0. The highest BCUT2D eigenvalue weighted by Gasteiger charge is 2.30. The Balaban J connectivity index is 1.56. The molecule has 31 heavy (non-hydrogen) atoms. The van der Waals surface area contributed by atoms with Crippen molar-refractivity contribution in [2.45, 2.75) is 25.6 Å². The highest BCUT2D eigenvalue weighted by molar-refractivity contribution is 9.10. The third-order valence-electron chi connectivity index (χ3n) is 5.14. The van der Waals surface area contributed by atoms with Crippen molar-refractivity contribution in [2.24, 2.45) is 0 Å². The summed E-state index contributed by atoms with van der Waals surface area (Å²) in [6, 6.07) is 12.0. The molecule has 160 valence electrons. The number of aromatic nitrogens is 2. The fraction of sp³-hybridized carbons (Fsp3) is 0.227. The summed E-state index contributed by atoms with van der Waals surface area (Å²) in [5, 5.41) is 0. The molecule has 9 heteroatoms. The van der Waals surface area contributed by atoms with E-state index in [0.717, 1.165) is 12.1 Å². The summed E-state index contributed by atoms with van der Waals surface area (Å²) >= 11 is 3.37. The normalized spacial score (nSPS) is 13.7. The molecule has 0 atom stereocenters. The summed E-state index contributed by atoms with van der Waals surface area (Å²) in [6.45, 7) is 0.522. The van der Waals surface area contributed by atoms with Gasteiger partial charge in [-0.2, -0.15) is 13.2 Å². The van der Waals surface area contributed by atoms with E-state index in [2.05, 4.69) is 25.9 Å². The Morgan fingerprint density at radius 3 is 2.68 bits per heavy atom. The minimum atomic E-state index is -4.43. The number of amides is 1. The standard InChI is InChI=1S/C22H17BrF3N3O2/c23-17-7-2-1-6-15(17)21(31)29-9-8-18-16(12-29)20(30)28-19(27-18)11-13-4-3-5-14(10-13)22(24,25)26/h1-7,10H,8-9,11-12H2,(H,27,28,30). The van der Waals surface area contributed by atoms with Crippen LogP contribution in [0.5, 0.6) is 0 Å². The maximum Gasteiger partial charge on any atom is 0.416 e. The monoisotopic (exact) mass is 491 g/mol. The van der Waals surface area contributed by atoms with Gasteiger partial charge in [-0.3, -0.25) is 9.59 Å². The predicted octanol–water partition coefficient (Wildman–Crippen LogP) is 4.34. The number of benzene rings is 2. The molecule has 0 spiro atoms. The fourth-order valence-electron chi connectivity index (χ4n) is 3.59. The number of hydrogen-bond donors (Lipinski definition) is 1. The number of aromatic amines is 1. The van der Waals surface area contributed by atoms with Crippen molar-refractivity contribution in [3.63, 3.8) is 0 Å². The van der Waals surface area contributed by atoms with E-state index in [4.69, 9.17) is 0 Å². The first-order chi connectivity index (χ1) is 14.7. The van der Waals surface area contributed by atoms with E-state index in [9.17, 15) is 22.8 Å². The summed E-state index contributed by atoms with van der Waals surface area (Å²) in [5.74, 6) is 0.110. The Labute approximate surface area is 184 Å². The number of carbonyl (C=O) groups is 1. The lowest BCUT2D eigenvalue weighted by Crippen LogP contribution is -2.40. The van der Waals surface area contributed by atoms with Gasteiger partial charge in [0.15, 0.2) is 0 Å². The number of H-pyrrole nitrogens is 1. The molecule has 1 aliphatic heterocycles. The summed E-state index contributed by atoms with van der Waals surface area (Å²) in [6.07, 6.45) is -3.96. The van der Waals surface area contributed by atoms with E-state index in [1.54, 1.807) is 29.2 Å². The van der Waals surface area contributed by atoms with Crippen molar-refractivity contribution in [1.82, 2.24) is 14.9 Å². The van der Waals surface area contributed by atoms with E-state index in [1.165, 1.54) is 6.07 Å². The van der Waals surface area contributed by atoms with E-state index >= 15 is 0 Å². The van der Waals surface area contributed by atoms with E-state index in [1.807, 2.05) is 6.07 Å². The number of nitrogens with one attached hydrogen (secondary N) is 1. The quantitative estimate of drug-likeness (QED) is 0.592. The molecule has 2 aromatic carbocycles. The number of carbonyl (C=O) groups excluding carboxylic acids is 1. The molecule has 0 radical (unpaired) electrons. The van der Waals surface area contributed by atoms with E-state index in [-0.39, 0.29) is 24.4 Å². The van der Waals surface area contributed by atoms with E-state index in [0.29, 0.717) is 45.6 Å². The molecule has 1 aliphatic rings. The van der Waals surface area contributed by atoms with Crippen LogP contribution in [0.1, 0.15) is 38.6 Å². The van der Waals surface area contributed by atoms with Gasteiger partial charge in [0.05, 0.1) is 28.9 Å². The smallest absolute Gasteiger partial charge is 0.334 e. The molecule has 0 aliphatic carbocycles. The minimum Gasteiger partial charge on any atom is -0.334 e. The number of rotatable bonds is 3. The van der Waals surface area contributed by atoms with Crippen LogP contribution < -0.4 is 5.56 Å². The molecule has 0 bridgehead atoms. The number of nitrogens with zero attached hydrogens (tertiary/aromatic N) is 2. The van der Waals surface area contributed by atoms with Crippen LogP contribution in [0.3, 0.4) is 0 Å². The zero-order valence-electron chi connectivity index (χ0n) is 16.2. The van der Waals surface area contributed by atoms with Gasteiger partial charge in [-0.1, -0.05) is 30.3 Å². The van der Waals surface area contributed by atoms with Crippen molar-refractivity contribution >= 4 is 21.8 Å². The van der Waals surface area contributed by atoms with Crippen LogP contribution in [0.4, 0.5) is 13.2 Å². The summed E-state index contributed by atoms with van der Waals surface area (Å²) in [4.78, 5) is 34.2. The van der Waals surface area contributed by atoms with Gasteiger partial charge in [-0.25, -0.2) is 4.98 Å². The van der Waals surface area contributed by atoms with Gasteiger partial charge in [-0.15, -0.1) is 0 Å². The van der Waals surface area contributed by atoms with Crippen LogP contribution in [0.2, 0.25) is 0 Å². The lowest BCUT2D eigenvalue weighted by molar-refractivity contribution is -0.137. The Morgan fingerprint density at radius 2 is 1.94 bits per heavy atom. The average molecular weight is 492 g/mol. The van der Waals surface area contributed by atoms with Crippen LogP contribution in [0.25, 0.3) is 0 Å². The Kier molecular flexibility index (Phi) is 5.70. The van der Waals surface area contributed by atoms with Crippen molar-refractivity contribution < 1.29 is 18.0 Å². The van der Waals surface area contributed by atoms with Gasteiger partial charge < -0.3 is 9.88 Å². The van der Waals surface area contributed by atoms with Gasteiger partial charge in [0.25, 0.3) is 11.5 Å². The summed E-state index contributed by atoms with van der Waals surface area (Å²) < 4.78 is 39.5. The lowest BCUT2D eigenvalue weighted by atomic mass is 10.0. The van der Waals surface area contributed by atoms with Crippen LogP contribution in [0.15, 0.2) is 57.8 Å². The second-order valence-electron chi connectivity index (χ2n) is 7.27. The molecule has 0 unspecified atom stereocenters. The third kappa shape index (κ3) is 4.56.